The number of aromatic nitrogens is 1. The highest BCUT2D eigenvalue weighted by molar-refractivity contribution is 7.98. The van der Waals surface area contributed by atoms with E-state index in [1.165, 1.54) is 4.88 Å². The maximum atomic E-state index is 11.6. The molecular weight excluding hydrogens is 268 g/mol. The summed E-state index contributed by atoms with van der Waals surface area (Å²) >= 11 is 3.56. The van der Waals surface area contributed by atoms with Crippen molar-refractivity contribution < 1.29 is 9.32 Å². The van der Waals surface area contributed by atoms with E-state index in [9.17, 15) is 4.79 Å². The summed E-state index contributed by atoms with van der Waals surface area (Å²) in [7, 11) is 0. The fraction of sp³-hybridized carbons (Fsp3) is 0.333. The van der Waals surface area contributed by atoms with Gasteiger partial charge in [0.2, 0.25) is 5.76 Å². The molecular formula is C12H14N2O2S2. The van der Waals surface area contributed by atoms with Crippen molar-refractivity contribution in [3.05, 3.63) is 39.9 Å². The van der Waals surface area contributed by atoms with Crippen LogP contribution >= 0.6 is 23.1 Å². The van der Waals surface area contributed by atoms with Gasteiger partial charge in [-0.05, 0) is 18.4 Å². The van der Waals surface area contributed by atoms with Crippen molar-refractivity contribution in [3.63, 3.8) is 0 Å². The van der Waals surface area contributed by atoms with Gasteiger partial charge in [-0.2, -0.15) is 11.8 Å². The molecule has 2 aromatic rings. The maximum absolute atomic E-state index is 11.6. The lowest BCUT2D eigenvalue weighted by Crippen LogP contribution is -2.25. The molecule has 0 saturated heterocycles. The third-order valence-electron chi connectivity index (χ3n) is 2.21. The fourth-order valence-corrected chi connectivity index (χ4v) is 3.06. The molecule has 0 unspecified atom stereocenters. The molecule has 0 aliphatic rings. The zero-order valence-corrected chi connectivity index (χ0v) is 11.6. The van der Waals surface area contributed by atoms with Crippen LogP contribution in [0.4, 0.5) is 0 Å². The van der Waals surface area contributed by atoms with Gasteiger partial charge in [-0.1, -0.05) is 11.2 Å². The third kappa shape index (κ3) is 3.89. The van der Waals surface area contributed by atoms with Crippen molar-refractivity contribution >= 4 is 29.0 Å². The molecule has 0 atom stereocenters. The second-order valence-corrected chi connectivity index (χ2v) is 5.86. The summed E-state index contributed by atoms with van der Waals surface area (Å²) in [5.41, 5.74) is 0.715. The third-order valence-corrected chi connectivity index (χ3v) is 4.28. The number of thioether (sulfide) groups is 1. The predicted octanol–water partition coefficient (Wildman–Crippen LogP) is 2.71. The van der Waals surface area contributed by atoms with Crippen molar-refractivity contribution in [3.8, 4) is 0 Å². The normalized spacial score (nSPS) is 10.5. The predicted molar refractivity (Wildman–Crippen MR) is 74.1 cm³/mol. The highest BCUT2D eigenvalue weighted by atomic mass is 32.2. The van der Waals surface area contributed by atoms with Crippen molar-refractivity contribution in [1.29, 1.82) is 0 Å². The second-order valence-electron chi connectivity index (χ2n) is 3.72. The van der Waals surface area contributed by atoms with E-state index in [1.807, 2.05) is 0 Å². The zero-order chi connectivity index (χ0) is 12.8. The lowest BCUT2D eigenvalue weighted by Gasteiger charge is -2.01. The van der Waals surface area contributed by atoms with Crippen LogP contribution in [0.5, 0.6) is 0 Å². The van der Waals surface area contributed by atoms with Crippen molar-refractivity contribution in [2.24, 2.45) is 0 Å². The molecule has 0 aromatic carbocycles. The Bertz CT molecular complexity index is 494. The van der Waals surface area contributed by atoms with Crippen LogP contribution in [0, 0.1) is 6.92 Å². The van der Waals surface area contributed by atoms with E-state index in [0.29, 0.717) is 12.2 Å². The van der Waals surface area contributed by atoms with Crippen LogP contribution in [-0.2, 0) is 5.75 Å². The number of amides is 1. The Morgan fingerprint density at radius 2 is 2.50 bits per heavy atom. The first kappa shape index (κ1) is 13.2. The van der Waals surface area contributed by atoms with Gasteiger partial charge < -0.3 is 9.84 Å². The molecule has 0 bridgehead atoms. The molecule has 0 aliphatic carbocycles. The standard InChI is InChI=1S/C12H14N2O2S2/c1-9-7-11(16-14-9)12(15)13-4-6-17-8-10-3-2-5-18-10/h2-3,5,7H,4,6,8H2,1H3,(H,13,15). The summed E-state index contributed by atoms with van der Waals surface area (Å²) in [6.07, 6.45) is 0. The van der Waals surface area contributed by atoms with Crippen LogP contribution in [0.1, 0.15) is 21.1 Å². The highest BCUT2D eigenvalue weighted by Crippen LogP contribution is 2.16. The van der Waals surface area contributed by atoms with Crippen LogP contribution < -0.4 is 5.32 Å². The SMILES string of the molecule is Cc1cc(C(=O)NCCSCc2cccs2)on1. The Morgan fingerprint density at radius 3 is 3.17 bits per heavy atom. The smallest absolute Gasteiger partial charge is 0.289 e. The molecule has 0 saturated carbocycles. The summed E-state index contributed by atoms with van der Waals surface area (Å²) in [6.45, 7) is 2.42. The number of carbonyl (C=O) groups is 1. The largest absolute Gasteiger partial charge is 0.351 e. The van der Waals surface area contributed by atoms with Gasteiger partial charge in [0.1, 0.15) is 0 Å². The molecule has 2 aromatic heterocycles. The minimum Gasteiger partial charge on any atom is -0.351 e. The number of carbonyl (C=O) groups excluding carboxylic acids is 1. The van der Waals surface area contributed by atoms with Gasteiger partial charge in [0.05, 0.1) is 5.69 Å². The van der Waals surface area contributed by atoms with E-state index in [4.69, 9.17) is 4.52 Å². The second kappa shape index (κ2) is 6.61. The Morgan fingerprint density at radius 1 is 1.61 bits per heavy atom. The first-order valence-electron chi connectivity index (χ1n) is 5.57. The van der Waals surface area contributed by atoms with E-state index in [1.54, 1.807) is 36.1 Å². The summed E-state index contributed by atoms with van der Waals surface area (Å²) in [6, 6.07) is 5.80. The van der Waals surface area contributed by atoms with Gasteiger partial charge in [0, 0.05) is 29.0 Å². The molecule has 18 heavy (non-hydrogen) atoms. The number of hydrogen-bond acceptors (Lipinski definition) is 5. The molecule has 2 heterocycles. The Kier molecular flexibility index (Phi) is 4.83. The topological polar surface area (TPSA) is 55.1 Å². The molecule has 0 radical (unpaired) electrons. The molecule has 0 aliphatic heterocycles. The van der Waals surface area contributed by atoms with E-state index < -0.39 is 0 Å². The summed E-state index contributed by atoms with van der Waals surface area (Å²) < 4.78 is 4.87. The van der Waals surface area contributed by atoms with E-state index in [-0.39, 0.29) is 11.7 Å². The minimum absolute atomic E-state index is 0.202. The Balaban J connectivity index is 1.62. The molecule has 0 fully saturated rings. The molecule has 2 rings (SSSR count). The van der Waals surface area contributed by atoms with Crippen molar-refractivity contribution in [1.82, 2.24) is 10.5 Å². The average Bonchev–Trinajstić information content (AvgIpc) is 2.99. The van der Waals surface area contributed by atoms with Gasteiger partial charge >= 0.3 is 0 Å². The molecule has 96 valence electrons. The molecule has 1 amide bonds. The zero-order valence-electron chi connectivity index (χ0n) is 10.0. The average molecular weight is 282 g/mol. The number of rotatable bonds is 6. The van der Waals surface area contributed by atoms with Gasteiger partial charge in [-0.3, -0.25) is 4.79 Å². The molecule has 6 heteroatoms. The summed E-state index contributed by atoms with van der Waals surface area (Å²) in [4.78, 5) is 13.0. The van der Waals surface area contributed by atoms with Crippen LogP contribution in [-0.4, -0.2) is 23.4 Å². The van der Waals surface area contributed by atoms with Crippen molar-refractivity contribution in [2.75, 3.05) is 12.3 Å². The van der Waals surface area contributed by atoms with Gasteiger partial charge in [0.25, 0.3) is 5.91 Å². The summed E-state index contributed by atoms with van der Waals surface area (Å²) in [5.74, 6) is 1.95. The van der Waals surface area contributed by atoms with Gasteiger partial charge in [0.15, 0.2) is 0 Å². The number of hydrogen-bond donors (Lipinski definition) is 1. The Labute approximate surface area is 114 Å². The van der Waals surface area contributed by atoms with Crippen LogP contribution in [0.15, 0.2) is 28.1 Å². The first-order valence-corrected chi connectivity index (χ1v) is 7.61. The number of thiophene rings is 1. The van der Waals surface area contributed by atoms with Crippen LogP contribution in [0.2, 0.25) is 0 Å². The maximum Gasteiger partial charge on any atom is 0.289 e. The van der Waals surface area contributed by atoms with Crippen LogP contribution in [0.25, 0.3) is 0 Å². The lowest BCUT2D eigenvalue weighted by atomic mass is 10.4. The number of nitrogens with zero attached hydrogens (tertiary/aromatic N) is 1. The van der Waals surface area contributed by atoms with E-state index in [0.717, 1.165) is 11.5 Å². The molecule has 1 N–H and O–H groups in total. The molecule has 4 nitrogen and oxygen atoms in total. The number of aryl methyl sites for hydroxylation is 1. The lowest BCUT2D eigenvalue weighted by molar-refractivity contribution is 0.0919. The fourth-order valence-electron chi connectivity index (χ4n) is 1.36. The first-order chi connectivity index (χ1) is 8.75. The van der Waals surface area contributed by atoms with Crippen LogP contribution in [0.3, 0.4) is 0 Å². The minimum atomic E-state index is -0.202. The van der Waals surface area contributed by atoms with Gasteiger partial charge in [-0.15, -0.1) is 11.3 Å². The number of nitrogens with one attached hydrogen (secondary N) is 1. The quantitative estimate of drug-likeness (QED) is 0.828. The van der Waals surface area contributed by atoms with E-state index >= 15 is 0 Å². The van der Waals surface area contributed by atoms with Crippen molar-refractivity contribution in [2.45, 2.75) is 12.7 Å². The monoisotopic (exact) mass is 282 g/mol. The van der Waals surface area contributed by atoms with E-state index in [2.05, 4.69) is 28.0 Å². The van der Waals surface area contributed by atoms with Gasteiger partial charge in [-0.25, -0.2) is 0 Å². The Hall–Kier alpha value is -1.27. The highest BCUT2D eigenvalue weighted by Gasteiger charge is 2.10. The molecule has 0 spiro atoms. The summed E-state index contributed by atoms with van der Waals surface area (Å²) in [5, 5.41) is 8.55.